The van der Waals surface area contributed by atoms with Crippen molar-refractivity contribution in [2.45, 2.75) is 82.5 Å². The Balaban J connectivity index is 1.47. The van der Waals surface area contributed by atoms with Crippen LogP contribution in [-0.2, 0) is 16.1 Å². The van der Waals surface area contributed by atoms with E-state index in [0.717, 1.165) is 50.6 Å². The van der Waals surface area contributed by atoms with Crippen LogP contribution in [-0.4, -0.2) is 52.1 Å². The number of rotatable bonds is 4. The van der Waals surface area contributed by atoms with Gasteiger partial charge in [-0.1, -0.05) is 25.7 Å². The van der Waals surface area contributed by atoms with Crippen molar-refractivity contribution < 1.29 is 18.7 Å². The average Bonchev–Trinajstić information content (AvgIpc) is 3.42. The maximum Gasteiger partial charge on any atom is 0.271 e. The summed E-state index contributed by atoms with van der Waals surface area (Å²) in [7, 11) is 0. The largest absolute Gasteiger partial charge is 0.463 e. The summed E-state index contributed by atoms with van der Waals surface area (Å²) < 4.78 is 13.3. The highest BCUT2D eigenvalue weighted by molar-refractivity contribution is 6.03. The van der Waals surface area contributed by atoms with Crippen LogP contribution in [0.3, 0.4) is 0 Å². The van der Waals surface area contributed by atoms with Crippen molar-refractivity contribution in [3.05, 3.63) is 24.1 Å². The third kappa shape index (κ3) is 3.33. The molecule has 7 nitrogen and oxygen atoms in total. The third-order valence-electron chi connectivity index (χ3n) is 7.14. The first-order valence-electron chi connectivity index (χ1n) is 11.4. The average molecular weight is 414 g/mol. The van der Waals surface area contributed by atoms with Gasteiger partial charge in [-0.25, -0.2) is 0 Å². The van der Waals surface area contributed by atoms with Crippen LogP contribution < -0.4 is 5.32 Å². The normalized spacial score (nSPS) is 28.0. The predicted octanol–water partition coefficient (Wildman–Crippen LogP) is 3.47. The van der Waals surface area contributed by atoms with E-state index < -0.39 is 5.54 Å². The van der Waals surface area contributed by atoms with E-state index in [9.17, 15) is 9.59 Å². The van der Waals surface area contributed by atoms with Gasteiger partial charge < -0.3 is 23.9 Å². The molecule has 162 valence electrons. The van der Waals surface area contributed by atoms with Crippen molar-refractivity contribution in [3.8, 4) is 0 Å². The number of fused-ring (bicyclic) bond motifs is 3. The Bertz CT molecular complexity index is 934. The van der Waals surface area contributed by atoms with E-state index in [2.05, 4.69) is 5.32 Å². The lowest BCUT2D eigenvalue weighted by Crippen LogP contribution is -2.66. The van der Waals surface area contributed by atoms with Gasteiger partial charge in [-0.15, -0.1) is 0 Å². The first-order valence-corrected chi connectivity index (χ1v) is 11.4. The number of carbonyl (C=O) groups excluding carboxylic acids is 2. The number of amides is 2. The van der Waals surface area contributed by atoms with E-state index in [-0.39, 0.29) is 24.0 Å². The SMILES string of the molecule is C[C@@]1(C(=O)NC2CCCCCC2)Cn2c(cc3occc32)C(=O)N1C[C@H]1CCCO1. The van der Waals surface area contributed by atoms with Gasteiger partial charge >= 0.3 is 0 Å². The van der Waals surface area contributed by atoms with E-state index in [1.807, 2.05) is 17.6 Å². The van der Waals surface area contributed by atoms with Gasteiger partial charge in [0, 0.05) is 31.3 Å². The van der Waals surface area contributed by atoms with Crippen LogP contribution in [0.2, 0.25) is 0 Å². The van der Waals surface area contributed by atoms with Crippen LogP contribution >= 0.6 is 0 Å². The molecule has 1 N–H and O–H groups in total. The zero-order valence-corrected chi connectivity index (χ0v) is 17.7. The maximum absolute atomic E-state index is 13.7. The van der Waals surface area contributed by atoms with Crippen molar-refractivity contribution in [1.82, 2.24) is 14.8 Å². The topological polar surface area (TPSA) is 76.7 Å². The quantitative estimate of drug-likeness (QED) is 0.779. The van der Waals surface area contributed by atoms with Gasteiger partial charge in [0.2, 0.25) is 5.91 Å². The summed E-state index contributed by atoms with van der Waals surface area (Å²) in [6, 6.07) is 3.85. The number of carbonyl (C=O) groups is 2. The first kappa shape index (κ1) is 19.7. The van der Waals surface area contributed by atoms with Crippen molar-refractivity contribution in [1.29, 1.82) is 0 Å². The van der Waals surface area contributed by atoms with E-state index in [1.54, 1.807) is 17.2 Å². The number of nitrogens with one attached hydrogen (secondary N) is 1. The fourth-order valence-electron chi connectivity index (χ4n) is 5.32. The van der Waals surface area contributed by atoms with E-state index in [1.165, 1.54) is 12.8 Å². The van der Waals surface area contributed by atoms with Crippen molar-refractivity contribution >= 4 is 22.9 Å². The highest BCUT2D eigenvalue weighted by Crippen LogP contribution is 2.34. The molecule has 0 radical (unpaired) electrons. The molecule has 5 rings (SSSR count). The molecule has 0 spiro atoms. The minimum absolute atomic E-state index is 0.0107. The second-order valence-corrected chi connectivity index (χ2v) is 9.27. The Morgan fingerprint density at radius 3 is 2.73 bits per heavy atom. The summed E-state index contributed by atoms with van der Waals surface area (Å²) in [5.74, 6) is -0.182. The van der Waals surface area contributed by atoms with Crippen LogP contribution in [0.15, 0.2) is 22.8 Å². The highest BCUT2D eigenvalue weighted by atomic mass is 16.5. The molecule has 1 saturated carbocycles. The van der Waals surface area contributed by atoms with Crippen LogP contribution in [0.5, 0.6) is 0 Å². The van der Waals surface area contributed by atoms with Crippen molar-refractivity contribution in [3.63, 3.8) is 0 Å². The zero-order valence-electron chi connectivity index (χ0n) is 17.7. The molecule has 2 atom stereocenters. The van der Waals surface area contributed by atoms with Crippen molar-refractivity contribution in [2.24, 2.45) is 0 Å². The molecule has 4 heterocycles. The number of ether oxygens (including phenoxy) is 1. The molecule has 3 aliphatic rings. The number of furan rings is 1. The lowest BCUT2D eigenvalue weighted by molar-refractivity contribution is -0.134. The number of aromatic nitrogens is 1. The van der Waals surface area contributed by atoms with E-state index in [4.69, 9.17) is 9.15 Å². The molecule has 30 heavy (non-hydrogen) atoms. The van der Waals surface area contributed by atoms with Gasteiger partial charge in [0.25, 0.3) is 5.91 Å². The number of hydrogen-bond acceptors (Lipinski definition) is 4. The van der Waals surface area contributed by atoms with Gasteiger partial charge in [-0.05, 0) is 32.6 Å². The molecule has 7 heteroatoms. The van der Waals surface area contributed by atoms with Gasteiger partial charge in [0.1, 0.15) is 11.2 Å². The summed E-state index contributed by atoms with van der Waals surface area (Å²) in [6.45, 7) is 3.49. The van der Waals surface area contributed by atoms with Gasteiger partial charge in [0.15, 0.2) is 5.58 Å². The van der Waals surface area contributed by atoms with Crippen molar-refractivity contribution in [2.75, 3.05) is 13.2 Å². The molecule has 2 aromatic rings. The van der Waals surface area contributed by atoms with Gasteiger partial charge in [0.05, 0.1) is 24.4 Å². The van der Waals surface area contributed by atoms with E-state index in [0.29, 0.717) is 24.4 Å². The molecule has 2 amide bonds. The lowest BCUT2D eigenvalue weighted by Gasteiger charge is -2.45. The standard InChI is InChI=1S/C23H31N3O4/c1-23(22(28)24-16-7-4-2-3-5-8-16)15-25-18-10-12-30-20(18)13-19(25)21(27)26(23)14-17-9-6-11-29-17/h10,12-13,16-17H,2-9,11,14-15H2,1H3,(H,24,28)/t17-,23+/m1/s1. The molecular formula is C23H31N3O4. The summed E-state index contributed by atoms with van der Waals surface area (Å²) >= 11 is 0. The Morgan fingerprint density at radius 1 is 1.20 bits per heavy atom. The molecule has 0 aromatic carbocycles. The molecule has 0 unspecified atom stereocenters. The molecule has 2 aliphatic heterocycles. The number of nitrogens with zero attached hydrogens (tertiary/aromatic N) is 2. The Kier molecular flexibility index (Phi) is 5.09. The second-order valence-electron chi connectivity index (χ2n) is 9.27. The van der Waals surface area contributed by atoms with Crippen LogP contribution in [0.1, 0.15) is 68.8 Å². The highest BCUT2D eigenvalue weighted by Gasteiger charge is 2.49. The van der Waals surface area contributed by atoms with Crippen LogP contribution in [0, 0.1) is 0 Å². The molecule has 0 bridgehead atoms. The Labute approximate surface area is 176 Å². The predicted molar refractivity (Wildman–Crippen MR) is 112 cm³/mol. The Hall–Kier alpha value is -2.28. The van der Waals surface area contributed by atoms with Crippen LogP contribution in [0.25, 0.3) is 11.1 Å². The molecule has 2 aromatic heterocycles. The smallest absolute Gasteiger partial charge is 0.271 e. The summed E-state index contributed by atoms with van der Waals surface area (Å²) in [4.78, 5) is 29.0. The monoisotopic (exact) mass is 413 g/mol. The van der Waals surface area contributed by atoms with Crippen LogP contribution in [0.4, 0.5) is 0 Å². The zero-order chi connectivity index (χ0) is 20.7. The van der Waals surface area contributed by atoms with E-state index >= 15 is 0 Å². The molecule has 1 saturated heterocycles. The van der Waals surface area contributed by atoms with Gasteiger partial charge in [-0.3, -0.25) is 9.59 Å². The molecular weight excluding hydrogens is 382 g/mol. The second kappa shape index (κ2) is 7.76. The van der Waals surface area contributed by atoms with Gasteiger partial charge in [-0.2, -0.15) is 0 Å². The number of hydrogen-bond donors (Lipinski definition) is 1. The maximum atomic E-state index is 13.7. The molecule has 1 aliphatic carbocycles. The Morgan fingerprint density at radius 2 is 2.00 bits per heavy atom. The summed E-state index contributed by atoms with van der Waals surface area (Å²) in [6.07, 6.45) is 10.3. The fourth-order valence-corrected chi connectivity index (χ4v) is 5.32. The summed E-state index contributed by atoms with van der Waals surface area (Å²) in [5.41, 5.74) is 1.17. The molecule has 2 fully saturated rings. The minimum Gasteiger partial charge on any atom is -0.463 e. The third-order valence-corrected chi connectivity index (χ3v) is 7.14. The lowest BCUT2D eigenvalue weighted by atomic mass is 9.93. The fraction of sp³-hybridized carbons (Fsp3) is 0.652. The first-order chi connectivity index (χ1) is 14.6. The minimum atomic E-state index is -0.967. The summed E-state index contributed by atoms with van der Waals surface area (Å²) in [5, 5.41) is 3.30.